The fraction of sp³-hybridized carbons (Fsp3) is 0.250. The van der Waals surface area contributed by atoms with Gasteiger partial charge in [-0.05, 0) is 74.2 Å². The van der Waals surface area contributed by atoms with E-state index in [1.54, 1.807) is 31.2 Å². The lowest BCUT2D eigenvalue weighted by Gasteiger charge is -2.26. The molecule has 0 aliphatic heterocycles. The number of para-hydroxylation sites is 2. The van der Waals surface area contributed by atoms with E-state index in [4.69, 9.17) is 0 Å². The monoisotopic (exact) mass is 526 g/mol. The van der Waals surface area contributed by atoms with Crippen LogP contribution in [0, 0.1) is 27.7 Å². The fourth-order valence-electron chi connectivity index (χ4n) is 3.72. The molecule has 0 radical (unpaired) electrons. The number of nitrogens with one attached hydrogen (secondary N) is 3. The Morgan fingerprint density at radius 2 is 1.26 bits per heavy atom. The van der Waals surface area contributed by atoms with E-state index in [2.05, 4.69) is 16.0 Å². The van der Waals surface area contributed by atoms with Gasteiger partial charge in [-0.1, -0.05) is 36.4 Å². The van der Waals surface area contributed by atoms with Crippen LogP contribution in [0.1, 0.15) is 22.3 Å². The van der Waals surface area contributed by atoms with E-state index in [0.717, 1.165) is 22.3 Å². The highest BCUT2D eigenvalue weighted by Crippen LogP contribution is 2.30. The molecule has 3 aromatic rings. The number of nitrogens with zero attached hydrogens (tertiary/aromatic N) is 1. The van der Waals surface area contributed by atoms with Crippen molar-refractivity contribution < 1.29 is 27.6 Å². The lowest BCUT2D eigenvalue weighted by molar-refractivity contribution is -0.170. The molecule has 7 nitrogen and oxygen atoms in total. The second kappa shape index (κ2) is 11.8. The number of anilines is 4. The van der Waals surface area contributed by atoms with E-state index in [1.807, 2.05) is 39.0 Å². The molecule has 0 aliphatic carbocycles. The van der Waals surface area contributed by atoms with Crippen molar-refractivity contribution >= 4 is 40.5 Å². The largest absolute Gasteiger partial charge is 0.471 e. The third-order valence-electron chi connectivity index (χ3n) is 5.76. The van der Waals surface area contributed by atoms with Crippen molar-refractivity contribution in [1.29, 1.82) is 0 Å². The van der Waals surface area contributed by atoms with Crippen LogP contribution in [0.4, 0.5) is 35.9 Å². The highest BCUT2D eigenvalue weighted by molar-refractivity contribution is 6.06. The first-order chi connectivity index (χ1) is 17.8. The Morgan fingerprint density at radius 1 is 0.737 bits per heavy atom. The number of amides is 3. The highest BCUT2D eigenvalue weighted by Gasteiger charge is 2.44. The molecule has 3 rings (SSSR count). The Balaban J connectivity index is 1.82. The standard InChI is InChI=1S/C28H29F3N4O3/c1-17-9-11-19(3)22(13-17)33-25(36)15-32-21-7-5-6-8-24(21)35(27(38)28(29,30)31)16-26(37)34-23-14-18(2)10-12-20(23)4/h5-14,32H,15-16H2,1-4H3,(H,33,36)(H,34,37). The van der Waals surface area contributed by atoms with Gasteiger partial charge in [-0.3, -0.25) is 19.3 Å². The Labute approximate surface area is 219 Å². The normalized spacial score (nSPS) is 11.0. The van der Waals surface area contributed by atoms with Crippen LogP contribution in [0.3, 0.4) is 0 Å². The van der Waals surface area contributed by atoms with E-state index in [-0.39, 0.29) is 17.9 Å². The van der Waals surface area contributed by atoms with Gasteiger partial charge in [0.05, 0.1) is 17.9 Å². The maximum atomic E-state index is 13.5. The number of benzene rings is 3. The zero-order chi connectivity index (χ0) is 28.0. The van der Waals surface area contributed by atoms with Gasteiger partial charge < -0.3 is 16.0 Å². The first-order valence-corrected chi connectivity index (χ1v) is 11.8. The Kier molecular flexibility index (Phi) is 8.77. The summed E-state index contributed by atoms with van der Waals surface area (Å²) in [6, 6.07) is 16.6. The third kappa shape index (κ3) is 7.34. The minimum Gasteiger partial charge on any atom is -0.374 e. The van der Waals surface area contributed by atoms with Crippen molar-refractivity contribution in [2.24, 2.45) is 0 Å². The number of alkyl halides is 3. The van der Waals surface area contributed by atoms with Crippen LogP contribution in [0.15, 0.2) is 60.7 Å². The van der Waals surface area contributed by atoms with Gasteiger partial charge in [-0.25, -0.2) is 0 Å². The number of carbonyl (C=O) groups is 3. The predicted octanol–water partition coefficient (Wildman–Crippen LogP) is 5.50. The van der Waals surface area contributed by atoms with Crippen LogP contribution < -0.4 is 20.9 Å². The molecule has 0 aliphatic rings. The highest BCUT2D eigenvalue weighted by atomic mass is 19.4. The minimum atomic E-state index is -5.23. The molecular formula is C28H29F3N4O3. The summed E-state index contributed by atoms with van der Waals surface area (Å²) in [5.41, 5.74) is 4.31. The number of hydrogen-bond donors (Lipinski definition) is 3. The van der Waals surface area contributed by atoms with Crippen LogP contribution in [-0.4, -0.2) is 37.0 Å². The smallest absolute Gasteiger partial charge is 0.374 e. The zero-order valence-corrected chi connectivity index (χ0v) is 21.5. The summed E-state index contributed by atoms with van der Waals surface area (Å²) in [6.07, 6.45) is -5.23. The van der Waals surface area contributed by atoms with Gasteiger partial charge in [0.25, 0.3) is 0 Å². The number of aryl methyl sites for hydroxylation is 4. The van der Waals surface area contributed by atoms with E-state index in [9.17, 15) is 27.6 Å². The second-order valence-electron chi connectivity index (χ2n) is 8.99. The quantitative estimate of drug-likeness (QED) is 0.361. The average Bonchev–Trinajstić information content (AvgIpc) is 2.85. The van der Waals surface area contributed by atoms with Crippen molar-refractivity contribution in [1.82, 2.24) is 0 Å². The van der Waals surface area contributed by atoms with E-state index >= 15 is 0 Å². The summed E-state index contributed by atoms with van der Waals surface area (Å²) in [5, 5.41) is 8.13. The van der Waals surface area contributed by atoms with Gasteiger partial charge in [-0.2, -0.15) is 13.2 Å². The van der Waals surface area contributed by atoms with Crippen molar-refractivity contribution in [2.75, 3.05) is 33.9 Å². The van der Waals surface area contributed by atoms with Crippen molar-refractivity contribution in [3.05, 3.63) is 82.9 Å². The molecule has 0 atom stereocenters. The first-order valence-electron chi connectivity index (χ1n) is 11.8. The lowest BCUT2D eigenvalue weighted by atomic mass is 10.1. The molecule has 200 valence electrons. The van der Waals surface area contributed by atoms with Crippen LogP contribution in [-0.2, 0) is 14.4 Å². The van der Waals surface area contributed by atoms with Crippen LogP contribution in [0.5, 0.6) is 0 Å². The van der Waals surface area contributed by atoms with Gasteiger partial charge in [0.1, 0.15) is 6.54 Å². The number of hydrogen-bond acceptors (Lipinski definition) is 4. The number of carbonyl (C=O) groups excluding carboxylic acids is 3. The molecule has 3 amide bonds. The molecule has 0 fully saturated rings. The summed E-state index contributed by atoms with van der Waals surface area (Å²) >= 11 is 0. The summed E-state index contributed by atoms with van der Waals surface area (Å²) in [5.74, 6) is -3.45. The van der Waals surface area contributed by atoms with E-state index in [1.165, 1.54) is 18.2 Å². The molecule has 0 saturated heterocycles. The van der Waals surface area contributed by atoms with Crippen molar-refractivity contribution in [3.8, 4) is 0 Å². The Hall–Kier alpha value is -4.34. The fourth-order valence-corrected chi connectivity index (χ4v) is 3.72. The molecule has 0 heterocycles. The maximum Gasteiger partial charge on any atom is 0.471 e. The number of halogens is 3. The molecule has 0 spiro atoms. The van der Waals surface area contributed by atoms with Crippen molar-refractivity contribution in [3.63, 3.8) is 0 Å². The Morgan fingerprint density at radius 3 is 1.82 bits per heavy atom. The van der Waals surface area contributed by atoms with Gasteiger partial charge in [0.2, 0.25) is 11.8 Å². The Bertz CT molecular complexity index is 1360. The van der Waals surface area contributed by atoms with Gasteiger partial charge >= 0.3 is 12.1 Å². The predicted molar refractivity (Wildman–Crippen MR) is 142 cm³/mol. The molecule has 10 heteroatoms. The summed E-state index contributed by atoms with van der Waals surface area (Å²) in [7, 11) is 0. The molecular weight excluding hydrogens is 497 g/mol. The van der Waals surface area contributed by atoms with Crippen LogP contribution in [0.25, 0.3) is 0 Å². The molecule has 38 heavy (non-hydrogen) atoms. The lowest BCUT2D eigenvalue weighted by Crippen LogP contribution is -2.45. The van der Waals surface area contributed by atoms with Gasteiger partial charge in [-0.15, -0.1) is 0 Å². The van der Waals surface area contributed by atoms with Crippen molar-refractivity contribution in [2.45, 2.75) is 33.9 Å². The van der Waals surface area contributed by atoms with Gasteiger partial charge in [0, 0.05) is 11.4 Å². The topological polar surface area (TPSA) is 90.5 Å². The SMILES string of the molecule is Cc1ccc(C)c(NC(=O)CNc2ccccc2N(CC(=O)Nc2cc(C)ccc2C)C(=O)C(F)(F)F)c1. The molecule has 0 bridgehead atoms. The second-order valence-corrected chi connectivity index (χ2v) is 8.99. The third-order valence-corrected chi connectivity index (χ3v) is 5.76. The summed E-state index contributed by atoms with van der Waals surface area (Å²) in [6.45, 7) is 6.10. The number of rotatable bonds is 8. The van der Waals surface area contributed by atoms with E-state index < -0.39 is 30.4 Å². The van der Waals surface area contributed by atoms with Crippen LogP contribution >= 0.6 is 0 Å². The summed E-state index contributed by atoms with van der Waals surface area (Å²) < 4.78 is 40.6. The average molecular weight is 527 g/mol. The minimum absolute atomic E-state index is 0.0840. The first kappa shape index (κ1) is 28.2. The summed E-state index contributed by atoms with van der Waals surface area (Å²) in [4.78, 5) is 38.1. The zero-order valence-electron chi connectivity index (χ0n) is 21.5. The molecule has 0 saturated carbocycles. The van der Waals surface area contributed by atoms with Crippen LogP contribution in [0.2, 0.25) is 0 Å². The maximum absolute atomic E-state index is 13.5. The molecule has 3 N–H and O–H groups in total. The van der Waals surface area contributed by atoms with Gasteiger partial charge in [0.15, 0.2) is 0 Å². The molecule has 0 aromatic heterocycles. The molecule has 3 aromatic carbocycles. The van der Waals surface area contributed by atoms with E-state index in [0.29, 0.717) is 16.3 Å². The molecule has 0 unspecified atom stereocenters.